The number of benzene rings is 3. The second kappa shape index (κ2) is 5.10. The molecule has 0 N–H and O–H groups in total. The quantitative estimate of drug-likeness (QED) is 0.223. The molecule has 3 aromatic carbocycles. The molecule has 0 saturated carbocycles. The van der Waals surface area contributed by atoms with Crippen molar-refractivity contribution in [3.8, 4) is 0 Å². The Morgan fingerprint density at radius 1 is 0.893 bits per heavy atom. The number of halogens is 1. The van der Waals surface area contributed by atoms with Crippen molar-refractivity contribution >= 4 is 49.1 Å². The Labute approximate surface area is 160 Å². The Morgan fingerprint density at radius 2 is 1.71 bits per heavy atom. The Bertz CT molecular complexity index is 1600. The van der Waals surface area contributed by atoms with Crippen LogP contribution >= 0.6 is 0 Å². The van der Waals surface area contributed by atoms with Crippen molar-refractivity contribution in [2.24, 2.45) is 0 Å². The lowest BCUT2D eigenvalue weighted by molar-refractivity contribution is 0.382. The minimum Gasteiger partial charge on any atom is -0.429 e. The van der Waals surface area contributed by atoms with Gasteiger partial charge in [0.05, 0.1) is 11.2 Å². The van der Waals surface area contributed by atoms with Crippen LogP contribution in [-0.2, 0) is 0 Å². The van der Waals surface area contributed by atoms with Gasteiger partial charge in [-0.05, 0) is 48.6 Å². The lowest BCUT2D eigenvalue weighted by atomic mass is 9.95. The zero-order valence-electron chi connectivity index (χ0n) is 15.8. The molecule has 3 nitrogen and oxygen atoms in total. The lowest BCUT2D eigenvalue weighted by Gasteiger charge is -2.14. The monoisotopic (exact) mass is 368 g/mol. The molecule has 3 aromatic heterocycles. The molecule has 0 atom stereocenters. The van der Waals surface area contributed by atoms with E-state index in [9.17, 15) is 4.39 Å². The van der Waals surface area contributed by atoms with Crippen LogP contribution in [0.25, 0.3) is 49.1 Å². The van der Waals surface area contributed by atoms with E-state index in [1.807, 2.05) is 19.9 Å². The van der Waals surface area contributed by atoms with Crippen LogP contribution in [0.4, 0.5) is 4.39 Å². The van der Waals surface area contributed by atoms with Crippen molar-refractivity contribution in [1.82, 2.24) is 9.38 Å². The first-order valence-electron chi connectivity index (χ1n) is 9.36. The number of rotatable bonds is 0. The van der Waals surface area contributed by atoms with Gasteiger partial charge in [0.15, 0.2) is 5.58 Å². The summed E-state index contributed by atoms with van der Waals surface area (Å²) in [7, 11) is 0. The summed E-state index contributed by atoms with van der Waals surface area (Å²) < 4.78 is 21.6. The van der Waals surface area contributed by atoms with Gasteiger partial charge < -0.3 is 4.42 Å². The van der Waals surface area contributed by atoms with Gasteiger partial charge in [-0.1, -0.05) is 36.4 Å². The molecule has 0 aliphatic rings. The van der Waals surface area contributed by atoms with Crippen LogP contribution < -0.4 is 0 Å². The normalized spacial score (nSPS) is 12.3. The second-order valence-corrected chi connectivity index (χ2v) is 7.52. The first-order valence-corrected chi connectivity index (χ1v) is 9.36. The summed E-state index contributed by atoms with van der Waals surface area (Å²) in [5.41, 5.74) is 5.52. The molecule has 6 rings (SSSR count). The third-order valence-corrected chi connectivity index (χ3v) is 6.02. The van der Waals surface area contributed by atoms with Gasteiger partial charge in [0.1, 0.15) is 5.65 Å². The average Bonchev–Trinajstić information content (AvgIpc) is 3.21. The van der Waals surface area contributed by atoms with E-state index >= 15 is 0 Å². The van der Waals surface area contributed by atoms with Crippen molar-refractivity contribution in [1.29, 1.82) is 0 Å². The fourth-order valence-corrected chi connectivity index (χ4v) is 4.60. The third kappa shape index (κ3) is 1.80. The summed E-state index contributed by atoms with van der Waals surface area (Å²) >= 11 is 0. The van der Waals surface area contributed by atoms with E-state index in [4.69, 9.17) is 9.40 Å². The van der Waals surface area contributed by atoms with Crippen LogP contribution in [0.1, 0.15) is 17.0 Å². The highest BCUT2D eigenvalue weighted by molar-refractivity contribution is 6.22. The van der Waals surface area contributed by atoms with E-state index in [0.29, 0.717) is 5.58 Å². The molecule has 136 valence electrons. The van der Waals surface area contributed by atoms with Crippen LogP contribution in [0, 0.1) is 26.8 Å². The largest absolute Gasteiger partial charge is 0.429 e. The summed E-state index contributed by atoms with van der Waals surface area (Å²) in [5, 5.41) is 6.46. The molecule has 3 heterocycles. The van der Waals surface area contributed by atoms with E-state index in [0.717, 1.165) is 44.1 Å². The topological polar surface area (TPSA) is 30.4 Å². The molecular formula is C24H17FN2O. The highest BCUT2D eigenvalue weighted by atomic mass is 19.1. The molecule has 0 aliphatic carbocycles. The van der Waals surface area contributed by atoms with Gasteiger partial charge in [-0.25, -0.2) is 4.98 Å². The van der Waals surface area contributed by atoms with Crippen LogP contribution in [0.5, 0.6) is 0 Å². The Balaban J connectivity index is 2.05. The van der Waals surface area contributed by atoms with Crippen LogP contribution in [-0.4, -0.2) is 9.38 Å². The van der Waals surface area contributed by atoms with E-state index in [1.54, 1.807) is 0 Å². The highest BCUT2D eigenvalue weighted by Gasteiger charge is 2.20. The van der Waals surface area contributed by atoms with Crippen molar-refractivity contribution < 1.29 is 8.81 Å². The van der Waals surface area contributed by atoms with E-state index < -0.39 is 6.01 Å². The van der Waals surface area contributed by atoms with E-state index in [-0.39, 0.29) is 0 Å². The molecule has 0 aliphatic heterocycles. The number of furan rings is 1. The van der Waals surface area contributed by atoms with Gasteiger partial charge in [0.25, 0.3) is 6.01 Å². The number of hydrogen-bond acceptors (Lipinski definition) is 2. The van der Waals surface area contributed by atoms with Gasteiger partial charge in [-0.2, -0.15) is 4.39 Å². The van der Waals surface area contributed by atoms with Crippen LogP contribution in [0.2, 0.25) is 0 Å². The summed E-state index contributed by atoms with van der Waals surface area (Å²) in [6, 6.07) is 15.5. The number of nitrogens with zero attached hydrogens (tertiary/aromatic N) is 2. The predicted molar refractivity (Wildman–Crippen MR) is 112 cm³/mol. The Kier molecular flexibility index (Phi) is 2.85. The highest BCUT2D eigenvalue weighted by Crippen LogP contribution is 2.39. The fraction of sp³-hybridized carbons (Fsp3) is 0.125. The zero-order valence-corrected chi connectivity index (χ0v) is 15.8. The molecule has 28 heavy (non-hydrogen) atoms. The van der Waals surface area contributed by atoms with Crippen LogP contribution in [0.3, 0.4) is 0 Å². The number of aromatic nitrogens is 2. The van der Waals surface area contributed by atoms with Crippen molar-refractivity contribution in [2.75, 3.05) is 0 Å². The van der Waals surface area contributed by atoms with E-state index in [2.05, 4.69) is 47.7 Å². The van der Waals surface area contributed by atoms with Gasteiger partial charge >= 0.3 is 0 Å². The fourth-order valence-electron chi connectivity index (χ4n) is 4.60. The SMILES string of the molecule is Cc1nc2c3cc4ccccc4c(C)c3c3ccc4cc(F)oc4c3n2c1C. The summed E-state index contributed by atoms with van der Waals surface area (Å²) in [6.45, 7) is 6.21. The first-order chi connectivity index (χ1) is 13.5. The smallest absolute Gasteiger partial charge is 0.278 e. The van der Waals surface area contributed by atoms with E-state index in [1.165, 1.54) is 22.4 Å². The molecule has 0 fully saturated rings. The van der Waals surface area contributed by atoms with Gasteiger partial charge in [-0.3, -0.25) is 4.40 Å². The molecule has 0 radical (unpaired) electrons. The van der Waals surface area contributed by atoms with Gasteiger partial charge in [0, 0.05) is 27.9 Å². The average molecular weight is 368 g/mol. The standard InChI is InChI=1S/C24H17FN2O/c1-12-17-7-5-4-6-15(17)10-19-21(12)18-9-8-16-11-20(25)28-23(16)22(18)27-14(3)13(2)26-24(19)27/h4-11H,1-3H3. The Morgan fingerprint density at radius 3 is 2.57 bits per heavy atom. The van der Waals surface area contributed by atoms with Crippen molar-refractivity contribution in [3.63, 3.8) is 0 Å². The molecule has 0 amide bonds. The third-order valence-electron chi connectivity index (χ3n) is 6.02. The summed E-state index contributed by atoms with van der Waals surface area (Å²) in [4.78, 5) is 4.88. The number of fused-ring (bicyclic) bond motifs is 9. The number of hydrogen-bond donors (Lipinski definition) is 0. The second-order valence-electron chi connectivity index (χ2n) is 7.52. The number of pyridine rings is 1. The molecule has 0 spiro atoms. The van der Waals surface area contributed by atoms with Crippen molar-refractivity contribution in [3.05, 3.63) is 71.5 Å². The molecular weight excluding hydrogens is 351 g/mol. The zero-order chi connectivity index (χ0) is 19.2. The summed E-state index contributed by atoms with van der Waals surface area (Å²) in [5.74, 6) is 0. The molecule has 0 saturated heterocycles. The van der Waals surface area contributed by atoms with Gasteiger partial charge in [-0.15, -0.1) is 0 Å². The summed E-state index contributed by atoms with van der Waals surface area (Å²) in [6.07, 6.45) is 0. The molecule has 0 bridgehead atoms. The minimum absolute atomic E-state index is 0.565. The van der Waals surface area contributed by atoms with Gasteiger partial charge in [0.2, 0.25) is 0 Å². The van der Waals surface area contributed by atoms with Crippen molar-refractivity contribution in [2.45, 2.75) is 20.8 Å². The van der Waals surface area contributed by atoms with Crippen LogP contribution in [0.15, 0.2) is 52.9 Å². The maximum absolute atomic E-state index is 14.0. The molecule has 4 heteroatoms. The maximum Gasteiger partial charge on any atom is 0.278 e. The molecule has 6 aromatic rings. The predicted octanol–water partition coefficient (Wildman–Crippen LogP) is 6.60. The maximum atomic E-state index is 14.0. The lowest BCUT2D eigenvalue weighted by Crippen LogP contribution is -1.96. The number of aryl methyl sites for hydroxylation is 3. The first kappa shape index (κ1) is 15.6. The number of imidazole rings is 1. The molecule has 0 unspecified atom stereocenters. The minimum atomic E-state index is -0.569. The Hall–Kier alpha value is -3.40.